The van der Waals surface area contributed by atoms with Gasteiger partial charge in [0.2, 0.25) is 0 Å². The Hall–Kier alpha value is -1.20. The van der Waals surface area contributed by atoms with Gasteiger partial charge in [0.05, 0.1) is 6.10 Å². The van der Waals surface area contributed by atoms with Crippen LogP contribution in [0.4, 0.5) is 4.39 Å². The molecule has 0 bridgehead atoms. The Bertz CT molecular complexity index is 368. The maximum absolute atomic E-state index is 13.3. The van der Waals surface area contributed by atoms with Gasteiger partial charge >= 0.3 is 0 Å². The second kappa shape index (κ2) is 5.04. The third-order valence-corrected chi connectivity index (χ3v) is 1.92. The molecule has 1 aromatic rings. The molecule has 0 aliphatic heterocycles. The molecule has 0 aromatic heterocycles. The highest BCUT2D eigenvalue weighted by Gasteiger charge is 2.07. The van der Waals surface area contributed by atoms with Crippen LogP contribution in [0.5, 0.6) is 5.75 Å². The fourth-order valence-electron chi connectivity index (χ4n) is 1.00. The van der Waals surface area contributed by atoms with Crippen molar-refractivity contribution in [2.45, 2.75) is 13.0 Å². The van der Waals surface area contributed by atoms with Crippen molar-refractivity contribution in [3.8, 4) is 5.75 Å². The minimum atomic E-state index is -0.594. The van der Waals surface area contributed by atoms with Crippen LogP contribution in [0.3, 0.4) is 0 Å². The summed E-state index contributed by atoms with van der Waals surface area (Å²) < 4.78 is 18.4. The van der Waals surface area contributed by atoms with Crippen LogP contribution in [-0.4, -0.2) is 22.8 Å². The summed E-state index contributed by atoms with van der Waals surface area (Å²) in [5, 5.41) is 8.97. The molecule has 0 amide bonds. The highest BCUT2D eigenvalue weighted by Crippen LogP contribution is 2.16. The van der Waals surface area contributed by atoms with Gasteiger partial charge in [0.25, 0.3) is 0 Å². The molecule has 82 valence electrons. The number of aliphatic hydroxyl groups excluding tert-OH is 1. The van der Waals surface area contributed by atoms with Crippen LogP contribution in [0.25, 0.3) is 0 Å². The molecule has 0 aliphatic rings. The summed E-state index contributed by atoms with van der Waals surface area (Å²) in [6.45, 7) is 1.70. The summed E-state index contributed by atoms with van der Waals surface area (Å²) in [6.07, 6.45) is -0.594. The lowest BCUT2D eigenvalue weighted by Gasteiger charge is -2.09. The summed E-state index contributed by atoms with van der Waals surface area (Å²) in [6, 6.07) is 4.20. The van der Waals surface area contributed by atoms with Crippen molar-refractivity contribution in [2.75, 3.05) is 6.61 Å². The molecule has 0 saturated carbocycles. The second-order valence-electron chi connectivity index (χ2n) is 3.17. The van der Waals surface area contributed by atoms with Gasteiger partial charge in [-0.2, -0.15) is 0 Å². The smallest absolute Gasteiger partial charge is 0.137 e. The van der Waals surface area contributed by atoms with E-state index in [1.165, 1.54) is 12.1 Å². The highest BCUT2D eigenvalue weighted by atomic mass is 32.1. The largest absolute Gasteiger partial charge is 0.491 e. The van der Waals surface area contributed by atoms with Crippen molar-refractivity contribution < 1.29 is 14.2 Å². The topological polar surface area (TPSA) is 55.5 Å². The van der Waals surface area contributed by atoms with E-state index >= 15 is 0 Å². The van der Waals surface area contributed by atoms with Crippen molar-refractivity contribution in [3.05, 3.63) is 29.6 Å². The first-order valence-corrected chi connectivity index (χ1v) is 4.81. The first kappa shape index (κ1) is 11.9. The average molecular weight is 229 g/mol. The number of aliphatic hydroxyl groups is 1. The van der Waals surface area contributed by atoms with Gasteiger partial charge in [-0.3, -0.25) is 0 Å². The minimum Gasteiger partial charge on any atom is -0.491 e. The monoisotopic (exact) mass is 229 g/mol. The van der Waals surface area contributed by atoms with Crippen LogP contribution < -0.4 is 10.5 Å². The fraction of sp³-hybridized carbons (Fsp3) is 0.300. The van der Waals surface area contributed by atoms with Crippen molar-refractivity contribution in [3.63, 3.8) is 0 Å². The van der Waals surface area contributed by atoms with Crippen molar-refractivity contribution in [1.82, 2.24) is 0 Å². The van der Waals surface area contributed by atoms with Crippen LogP contribution in [-0.2, 0) is 0 Å². The molecule has 15 heavy (non-hydrogen) atoms. The normalized spacial score (nSPS) is 12.2. The molecule has 0 radical (unpaired) electrons. The number of hydrogen-bond donors (Lipinski definition) is 2. The van der Waals surface area contributed by atoms with E-state index in [0.29, 0.717) is 5.75 Å². The Morgan fingerprint density at radius 1 is 1.67 bits per heavy atom. The SMILES string of the molecule is CC(O)COc1ccc(C(N)=S)c(F)c1. The van der Waals surface area contributed by atoms with E-state index < -0.39 is 11.9 Å². The molecule has 3 nitrogen and oxygen atoms in total. The number of nitrogens with two attached hydrogens (primary N) is 1. The highest BCUT2D eigenvalue weighted by molar-refractivity contribution is 7.80. The summed E-state index contributed by atoms with van der Waals surface area (Å²) >= 11 is 4.66. The minimum absolute atomic E-state index is 0.00887. The molecule has 1 atom stereocenters. The second-order valence-corrected chi connectivity index (χ2v) is 3.61. The van der Waals surface area contributed by atoms with E-state index in [4.69, 9.17) is 15.6 Å². The molecular weight excluding hydrogens is 217 g/mol. The van der Waals surface area contributed by atoms with Gasteiger partial charge < -0.3 is 15.6 Å². The molecule has 0 saturated heterocycles. The van der Waals surface area contributed by atoms with E-state index in [1.54, 1.807) is 13.0 Å². The predicted octanol–water partition coefficient (Wildman–Crippen LogP) is 1.22. The third-order valence-electron chi connectivity index (χ3n) is 1.70. The summed E-state index contributed by atoms with van der Waals surface area (Å²) in [5.74, 6) is -0.181. The molecule has 0 spiro atoms. The maximum Gasteiger partial charge on any atom is 0.137 e. The van der Waals surface area contributed by atoms with E-state index in [1.807, 2.05) is 0 Å². The number of rotatable bonds is 4. The van der Waals surface area contributed by atoms with Crippen LogP contribution >= 0.6 is 12.2 Å². The molecule has 0 heterocycles. The van der Waals surface area contributed by atoms with E-state index in [9.17, 15) is 4.39 Å². The molecular formula is C10H12FNO2S. The van der Waals surface area contributed by atoms with Gasteiger partial charge in [-0.15, -0.1) is 0 Å². The first-order valence-electron chi connectivity index (χ1n) is 4.41. The van der Waals surface area contributed by atoms with E-state index in [0.717, 1.165) is 0 Å². The molecule has 0 aliphatic carbocycles. The fourth-order valence-corrected chi connectivity index (χ4v) is 1.17. The summed E-state index contributed by atoms with van der Waals surface area (Å²) in [7, 11) is 0. The van der Waals surface area contributed by atoms with Gasteiger partial charge in [-0.05, 0) is 19.1 Å². The molecule has 0 fully saturated rings. The molecule has 1 rings (SSSR count). The lowest BCUT2D eigenvalue weighted by Crippen LogP contribution is -2.14. The van der Waals surface area contributed by atoms with Crippen LogP contribution in [0.2, 0.25) is 0 Å². The van der Waals surface area contributed by atoms with Gasteiger partial charge in [0, 0.05) is 11.6 Å². The van der Waals surface area contributed by atoms with E-state index in [2.05, 4.69) is 12.2 Å². The van der Waals surface area contributed by atoms with Gasteiger partial charge in [0.15, 0.2) is 0 Å². The Labute approximate surface area is 92.7 Å². The summed E-state index contributed by atoms with van der Waals surface area (Å²) in [4.78, 5) is 0.00887. The van der Waals surface area contributed by atoms with E-state index in [-0.39, 0.29) is 17.2 Å². The predicted molar refractivity (Wildman–Crippen MR) is 59.5 cm³/mol. The van der Waals surface area contributed by atoms with Crippen LogP contribution in [0.1, 0.15) is 12.5 Å². The quantitative estimate of drug-likeness (QED) is 0.762. The number of halogens is 1. The van der Waals surface area contributed by atoms with Crippen molar-refractivity contribution in [2.24, 2.45) is 5.73 Å². The first-order chi connectivity index (χ1) is 7.00. The van der Waals surface area contributed by atoms with Gasteiger partial charge in [0.1, 0.15) is 23.2 Å². The van der Waals surface area contributed by atoms with Gasteiger partial charge in [-0.1, -0.05) is 12.2 Å². The Morgan fingerprint density at radius 2 is 2.33 bits per heavy atom. The standard InChI is InChI=1S/C10H12FNO2S/c1-6(13)5-14-7-2-3-8(10(12)15)9(11)4-7/h2-4,6,13H,5H2,1H3,(H2,12,15). The Balaban J connectivity index is 2.78. The maximum atomic E-state index is 13.3. The zero-order chi connectivity index (χ0) is 11.4. The lowest BCUT2D eigenvalue weighted by molar-refractivity contribution is 0.122. The molecule has 1 unspecified atom stereocenters. The van der Waals surface area contributed by atoms with Crippen LogP contribution in [0.15, 0.2) is 18.2 Å². The number of hydrogen-bond acceptors (Lipinski definition) is 3. The zero-order valence-corrected chi connectivity index (χ0v) is 9.05. The molecule has 3 N–H and O–H groups in total. The third kappa shape index (κ3) is 3.45. The van der Waals surface area contributed by atoms with Crippen molar-refractivity contribution >= 4 is 17.2 Å². The Kier molecular flexibility index (Phi) is 3.99. The average Bonchev–Trinajstić information content (AvgIpc) is 2.14. The zero-order valence-electron chi connectivity index (χ0n) is 8.24. The van der Waals surface area contributed by atoms with Crippen molar-refractivity contribution in [1.29, 1.82) is 0 Å². The van der Waals surface area contributed by atoms with Crippen LogP contribution in [0, 0.1) is 5.82 Å². The molecule has 5 heteroatoms. The Morgan fingerprint density at radius 3 is 2.80 bits per heavy atom. The number of benzene rings is 1. The molecule has 1 aromatic carbocycles. The number of thiocarbonyl (C=S) groups is 1. The summed E-state index contributed by atoms with van der Waals surface area (Å²) in [5.41, 5.74) is 5.49. The lowest BCUT2D eigenvalue weighted by atomic mass is 10.2. The van der Waals surface area contributed by atoms with Gasteiger partial charge in [-0.25, -0.2) is 4.39 Å². The number of ether oxygens (including phenoxy) is 1.